The van der Waals surface area contributed by atoms with Crippen molar-refractivity contribution in [2.75, 3.05) is 44.7 Å². The number of halogens is 1. The topological polar surface area (TPSA) is 48.7 Å². The molecule has 2 aromatic heterocycles. The molecule has 0 spiro atoms. The van der Waals surface area contributed by atoms with E-state index >= 15 is 0 Å². The monoisotopic (exact) mass is 488 g/mol. The van der Waals surface area contributed by atoms with Gasteiger partial charge in [0.2, 0.25) is 0 Å². The van der Waals surface area contributed by atoms with Crippen LogP contribution in [0.3, 0.4) is 0 Å². The minimum Gasteiger partial charge on any atom is -0.360 e. The van der Waals surface area contributed by atoms with Crippen molar-refractivity contribution in [1.82, 2.24) is 20.0 Å². The highest BCUT2D eigenvalue weighted by Gasteiger charge is 2.20. The fourth-order valence-corrected chi connectivity index (χ4v) is 4.18. The Morgan fingerprint density at radius 3 is 2.54 bits per heavy atom. The Labute approximate surface area is 177 Å². The van der Waals surface area contributed by atoms with Crippen LogP contribution in [0.15, 0.2) is 22.5 Å². The van der Waals surface area contributed by atoms with Crippen molar-refractivity contribution in [3.63, 3.8) is 0 Å². The number of nitrogens with one attached hydrogen (secondary N) is 1. The number of aromatic nitrogens is 2. The molecule has 26 heavy (non-hydrogen) atoms. The normalized spacial score (nSPS) is 15.2. The third kappa shape index (κ3) is 4.70. The van der Waals surface area contributed by atoms with Gasteiger partial charge < -0.3 is 15.1 Å². The molecule has 0 aromatic carbocycles. The van der Waals surface area contributed by atoms with Gasteiger partial charge in [0.25, 0.3) is 0 Å². The van der Waals surface area contributed by atoms with E-state index in [-0.39, 0.29) is 24.0 Å². The number of guanidine groups is 1. The average molecular weight is 488 g/mol. The van der Waals surface area contributed by atoms with E-state index < -0.39 is 0 Å². The van der Waals surface area contributed by atoms with Crippen molar-refractivity contribution in [1.29, 1.82) is 0 Å². The van der Waals surface area contributed by atoms with Crippen LogP contribution in [0.2, 0.25) is 0 Å². The van der Waals surface area contributed by atoms with Crippen molar-refractivity contribution in [2.45, 2.75) is 20.3 Å². The van der Waals surface area contributed by atoms with E-state index in [1.165, 1.54) is 16.3 Å². The molecular formula is C18H29IN6S. The molecule has 3 heterocycles. The number of nitrogens with zero attached hydrogens (tertiary/aromatic N) is 5. The third-order valence-corrected chi connectivity index (χ3v) is 5.85. The molecule has 8 heteroatoms. The van der Waals surface area contributed by atoms with Gasteiger partial charge >= 0.3 is 0 Å². The molecule has 0 bridgehead atoms. The molecule has 1 saturated heterocycles. The Morgan fingerprint density at radius 2 is 2.00 bits per heavy atom. The first-order chi connectivity index (χ1) is 12.1. The van der Waals surface area contributed by atoms with E-state index in [1.54, 1.807) is 0 Å². The van der Waals surface area contributed by atoms with E-state index in [9.17, 15) is 0 Å². The van der Waals surface area contributed by atoms with Gasteiger partial charge in [-0.15, -0.1) is 35.3 Å². The Bertz CT molecular complexity index is 716. The van der Waals surface area contributed by atoms with Crippen LogP contribution in [0.5, 0.6) is 0 Å². The predicted molar refractivity (Wildman–Crippen MR) is 121 cm³/mol. The van der Waals surface area contributed by atoms with Gasteiger partial charge in [0.1, 0.15) is 0 Å². The summed E-state index contributed by atoms with van der Waals surface area (Å²) in [6, 6.07) is 4.32. The molecule has 3 rings (SSSR count). The van der Waals surface area contributed by atoms with E-state index in [4.69, 9.17) is 0 Å². The van der Waals surface area contributed by atoms with Crippen molar-refractivity contribution >= 4 is 46.3 Å². The van der Waals surface area contributed by atoms with Gasteiger partial charge in [0.15, 0.2) is 5.96 Å². The van der Waals surface area contributed by atoms with Gasteiger partial charge in [0, 0.05) is 52.5 Å². The van der Waals surface area contributed by atoms with Crippen LogP contribution in [0, 0.1) is 13.8 Å². The third-order valence-electron chi connectivity index (χ3n) is 4.93. The minimum absolute atomic E-state index is 0. The first kappa shape index (κ1) is 21.0. The average Bonchev–Trinajstić information content (AvgIpc) is 3.23. The molecule has 0 amide bonds. The maximum atomic E-state index is 4.49. The maximum Gasteiger partial charge on any atom is 0.193 e. The number of hydrogen-bond acceptors (Lipinski definition) is 4. The van der Waals surface area contributed by atoms with E-state index in [0.29, 0.717) is 0 Å². The van der Waals surface area contributed by atoms with E-state index in [0.717, 1.165) is 50.8 Å². The first-order valence-electron chi connectivity index (χ1n) is 8.83. The zero-order chi connectivity index (χ0) is 17.8. The second-order valence-electron chi connectivity index (χ2n) is 6.42. The highest BCUT2D eigenvalue weighted by atomic mass is 127. The second-order valence-corrected chi connectivity index (χ2v) is 7.35. The van der Waals surface area contributed by atoms with Crippen LogP contribution >= 0.6 is 35.3 Å². The summed E-state index contributed by atoms with van der Waals surface area (Å²) in [5.41, 5.74) is 3.72. The summed E-state index contributed by atoms with van der Waals surface area (Å²) in [4.78, 5) is 9.28. The van der Waals surface area contributed by atoms with Gasteiger partial charge in [0.05, 0.1) is 10.7 Å². The largest absolute Gasteiger partial charge is 0.360 e. The standard InChI is InChI=1S/C18H28N6S.HI/c1-14-16(15(2)22(4)21-14)7-8-20-18(19-3)24-11-9-23(10-12-24)17-6-5-13-25-17;/h5-6,13H,7-12H2,1-4H3,(H,19,20);1H. The lowest BCUT2D eigenvalue weighted by atomic mass is 10.1. The summed E-state index contributed by atoms with van der Waals surface area (Å²) in [5, 5.41) is 11.5. The number of hydrogen-bond donors (Lipinski definition) is 1. The molecule has 0 radical (unpaired) electrons. The smallest absolute Gasteiger partial charge is 0.193 e. The van der Waals surface area contributed by atoms with Crippen molar-refractivity contribution in [2.24, 2.45) is 12.0 Å². The summed E-state index contributed by atoms with van der Waals surface area (Å²) >= 11 is 1.81. The molecule has 6 nitrogen and oxygen atoms in total. The zero-order valence-electron chi connectivity index (χ0n) is 16.0. The van der Waals surface area contributed by atoms with Crippen molar-refractivity contribution in [3.05, 3.63) is 34.5 Å². The van der Waals surface area contributed by atoms with Gasteiger partial charge in [-0.05, 0) is 43.3 Å². The van der Waals surface area contributed by atoms with Crippen LogP contribution in [0.25, 0.3) is 0 Å². The highest BCUT2D eigenvalue weighted by molar-refractivity contribution is 14.0. The van der Waals surface area contributed by atoms with Gasteiger partial charge in [-0.3, -0.25) is 9.67 Å². The number of thiophene rings is 1. The van der Waals surface area contributed by atoms with Crippen LogP contribution in [-0.2, 0) is 13.5 Å². The second kappa shape index (κ2) is 9.59. The lowest BCUT2D eigenvalue weighted by Crippen LogP contribution is -2.52. The van der Waals surface area contributed by atoms with Crippen LogP contribution in [0.1, 0.15) is 17.0 Å². The number of anilines is 1. The molecule has 1 N–H and O–H groups in total. The molecule has 1 aliphatic heterocycles. The van der Waals surface area contributed by atoms with E-state index in [1.807, 2.05) is 30.1 Å². The lowest BCUT2D eigenvalue weighted by molar-refractivity contribution is 0.374. The number of aryl methyl sites for hydroxylation is 2. The Hall–Kier alpha value is -1.29. The Kier molecular flexibility index (Phi) is 7.75. The van der Waals surface area contributed by atoms with Gasteiger partial charge in [-0.1, -0.05) is 0 Å². The Balaban J connectivity index is 0.00000243. The summed E-state index contributed by atoms with van der Waals surface area (Å²) in [6.45, 7) is 9.19. The van der Waals surface area contributed by atoms with E-state index in [2.05, 4.69) is 56.6 Å². The fraction of sp³-hybridized carbons (Fsp3) is 0.556. The number of rotatable bonds is 4. The molecule has 0 atom stereocenters. The molecule has 2 aromatic rings. The molecular weight excluding hydrogens is 459 g/mol. The maximum absolute atomic E-state index is 4.49. The minimum atomic E-state index is 0. The lowest BCUT2D eigenvalue weighted by Gasteiger charge is -2.37. The number of piperazine rings is 1. The van der Waals surface area contributed by atoms with Gasteiger partial charge in [-0.2, -0.15) is 5.10 Å². The molecule has 0 unspecified atom stereocenters. The number of aliphatic imine (C=N–C) groups is 1. The van der Waals surface area contributed by atoms with Crippen molar-refractivity contribution in [3.8, 4) is 0 Å². The molecule has 1 fully saturated rings. The first-order valence-corrected chi connectivity index (χ1v) is 9.71. The summed E-state index contributed by atoms with van der Waals surface area (Å²) < 4.78 is 1.96. The van der Waals surface area contributed by atoms with Crippen LogP contribution in [-0.4, -0.2) is 60.4 Å². The molecule has 0 saturated carbocycles. The summed E-state index contributed by atoms with van der Waals surface area (Å²) in [6.07, 6.45) is 0.972. The highest BCUT2D eigenvalue weighted by Crippen LogP contribution is 2.22. The predicted octanol–water partition coefficient (Wildman–Crippen LogP) is 2.66. The quantitative estimate of drug-likeness (QED) is 0.409. The van der Waals surface area contributed by atoms with Crippen LogP contribution in [0.4, 0.5) is 5.00 Å². The molecule has 1 aliphatic rings. The summed E-state index contributed by atoms with van der Waals surface area (Å²) in [7, 11) is 3.87. The molecule has 144 valence electrons. The zero-order valence-corrected chi connectivity index (χ0v) is 19.2. The fourth-order valence-electron chi connectivity index (χ4n) is 3.40. The Morgan fingerprint density at radius 1 is 1.27 bits per heavy atom. The van der Waals surface area contributed by atoms with Gasteiger partial charge in [-0.25, -0.2) is 0 Å². The van der Waals surface area contributed by atoms with Crippen molar-refractivity contribution < 1.29 is 0 Å². The molecule has 0 aliphatic carbocycles. The van der Waals surface area contributed by atoms with Crippen LogP contribution < -0.4 is 10.2 Å². The SMILES string of the molecule is CN=C(NCCc1c(C)nn(C)c1C)N1CCN(c2cccs2)CC1.I. The summed E-state index contributed by atoms with van der Waals surface area (Å²) in [5.74, 6) is 1.00.